The van der Waals surface area contributed by atoms with Gasteiger partial charge in [-0.25, -0.2) is 0 Å². The number of halogens is 2. The van der Waals surface area contributed by atoms with Gasteiger partial charge in [-0.2, -0.15) is 0 Å². The van der Waals surface area contributed by atoms with Gasteiger partial charge in [0.25, 0.3) is 0 Å². The van der Waals surface area contributed by atoms with Crippen LogP contribution in [0.25, 0.3) is 55.2 Å². The number of nitrogens with zero attached hydrogens (tertiary/aromatic N) is 2. The number of rotatable bonds is 11. The van der Waals surface area contributed by atoms with E-state index in [1.807, 2.05) is 134 Å². The van der Waals surface area contributed by atoms with Crippen molar-refractivity contribution in [2.45, 2.75) is 0 Å². The first kappa shape index (κ1) is 36.5. The average Bonchev–Trinajstić information content (AvgIpc) is 3.89. The Hall–Kier alpha value is -6.48. The lowest BCUT2D eigenvalue weighted by molar-refractivity contribution is 0.397. The molecule has 0 radical (unpaired) electrons. The van der Waals surface area contributed by atoms with Crippen molar-refractivity contribution in [1.29, 1.82) is 0 Å². The average molecular weight is 780 g/mol. The van der Waals surface area contributed by atoms with E-state index in [1.54, 1.807) is 28.4 Å². The first-order valence-electron chi connectivity index (χ1n) is 17.7. The minimum absolute atomic E-state index is 0.619. The molecule has 0 aliphatic rings. The second-order valence-electron chi connectivity index (χ2n) is 12.9. The predicted molar refractivity (Wildman–Crippen MR) is 230 cm³/mol. The second-order valence-corrected chi connectivity index (χ2v) is 13.7. The molecule has 0 unspecified atom stereocenters. The third-order valence-electron chi connectivity index (χ3n) is 9.80. The van der Waals surface area contributed by atoms with Gasteiger partial charge in [0.05, 0.1) is 72.7 Å². The molecule has 6 aromatic carbocycles. The molecule has 0 bridgehead atoms. The topological polar surface area (TPSA) is 93.2 Å². The highest BCUT2D eigenvalue weighted by atomic mass is 35.5. The Kier molecular flexibility index (Phi) is 10.2. The maximum Gasteiger partial charge on any atom is 0.133 e. The second kappa shape index (κ2) is 15.7. The fourth-order valence-corrected chi connectivity index (χ4v) is 7.35. The van der Waals surface area contributed by atoms with Gasteiger partial charge in [0.15, 0.2) is 0 Å². The van der Waals surface area contributed by atoms with Crippen molar-refractivity contribution >= 4 is 68.8 Å². The smallest absolute Gasteiger partial charge is 0.133 e. The standard InChI is InChI=1S/C46H36Cl2N4O4/c1-53-39-21-41(55-3)43-33(27-13-17-29(47)18-14-27)23-51-45(43)35(39)25-49-37-11-7-5-9-31(37)32-10-6-8-12-38(32)50-26-36-40(54-2)22-42(56-4)44-34(24-52-46(36)44)28-15-19-30(48)20-16-28/h5-26,51-52H,1-4H3. The monoisotopic (exact) mass is 778 g/mol. The van der Waals surface area contributed by atoms with E-state index in [1.165, 1.54) is 0 Å². The van der Waals surface area contributed by atoms with Crippen LogP contribution in [0, 0.1) is 0 Å². The Balaban J connectivity index is 1.20. The van der Waals surface area contributed by atoms with Crippen molar-refractivity contribution in [3.8, 4) is 56.4 Å². The Morgan fingerprint density at radius 2 is 0.839 bits per heavy atom. The number of aliphatic imine (C=N–C) groups is 2. The summed E-state index contributed by atoms with van der Waals surface area (Å²) >= 11 is 12.4. The molecule has 0 aliphatic heterocycles. The SMILES string of the molecule is COc1cc(OC)c2c(-c3ccc(Cl)cc3)c[nH]c2c1C=Nc1ccccc1-c1ccccc1N=Cc1c(OC)cc(OC)c2c(-c3ccc(Cl)cc3)c[nH]c12. The minimum atomic E-state index is 0.619. The van der Waals surface area contributed by atoms with Crippen LogP contribution in [0.5, 0.6) is 23.0 Å². The zero-order valence-corrected chi connectivity index (χ0v) is 32.5. The Morgan fingerprint density at radius 1 is 0.464 bits per heavy atom. The van der Waals surface area contributed by atoms with Crippen LogP contribution in [0.1, 0.15) is 11.1 Å². The first-order valence-corrected chi connectivity index (χ1v) is 18.5. The number of benzene rings is 6. The summed E-state index contributed by atoms with van der Waals surface area (Å²) in [6.07, 6.45) is 7.59. The van der Waals surface area contributed by atoms with E-state index in [-0.39, 0.29) is 0 Å². The molecule has 8 rings (SSSR count). The molecule has 0 atom stereocenters. The summed E-state index contributed by atoms with van der Waals surface area (Å²) in [7, 11) is 6.59. The van der Waals surface area contributed by atoms with Crippen LogP contribution >= 0.6 is 23.2 Å². The number of H-pyrrole nitrogens is 2. The summed E-state index contributed by atoms with van der Waals surface area (Å²) in [4.78, 5) is 17.0. The van der Waals surface area contributed by atoms with Crippen molar-refractivity contribution < 1.29 is 18.9 Å². The van der Waals surface area contributed by atoms with Gasteiger partial charge in [0, 0.05) is 69.3 Å². The van der Waals surface area contributed by atoms with E-state index in [0.717, 1.165) is 77.7 Å². The third kappa shape index (κ3) is 6.74. The van der Waals surface area contributed by atoms with Crippen molar-refractivity contribution in [3.63, 3.8) is 0 Å². The molecule has 10 heteroatoms. The van der Waals surface area contributed by atoms with Crippen molar-refractivity contribution in [2.75, 3.05) is 28.4 Å². The van der Waals surface area contributed by atoms with Gasteiger partial charge >= 0.3 is 0 Å². The van der Waals surface area contributed by atoms with Crippen LogP contribution < -0.4 is 18.9 Å². The first-order chi connectivity index (χ1) is 27.4. The lowest BCUT2D eigenvalue weighted by Crippen LogP contribution is -1.96. The van der Waals surface area contributed by atoms with Crippen LogP contribution in [-0.2, 0) is 0 Å². The van der Waals surface area contributed by atoms with Gasteiger partial charge < -0.3 is 28.9 Å². The number of ether oxygens (including phenoxy) is 4. The van der Waals surface area contributed by atoms with Crippen LogP contribution in [0.3, 0.4) is 0 Å². The molecule has 2 N–H and O–H groups in total. The van der Waals surface area contributed by atoms with Gasteiger partial charge in [-0.15, -0.1) is 0 Å². The molecule has 0 amide bonds. The molecule has 8 aromatic rings. The molecule has 2 heterocycles. The predicted octanol–water partition coefficient (Wildman–Crippen LogP) is 12.5. The summed E-state index contributed by atoms with van der Waals surface area (Å²) in [6, 6.07) is 35.2. The Morgan fingerprint density at radius 3 is 1.21 bits per heavy atom. The molecule has 56 heavy (non-hydrogen) atoms. The van der Waals surface area contributed by atoms with E-state index in [4.69, 9.17) is 52.1 Å². The third-order valence-corrected chi connectivity index (χ3v) is 10.3. The van der Waals surface area contributed by atoms with Crippen molar-refractivity contribution in [1.82, 2.24) is 9.97 Å². The summed E-state index contributed by atoms with van der Waals surface area (Å²) in [6.45, 7) is 0. The summed E-state index contributed by atoms with van der Waals surface area (Å²) in [5.74, 6) is 2.60. The van der Waals surface area contributed by atoms with Gasteiger partial charge in [-0.1, -0.05) is 83.9 Å². The number of aromatic nitrogens is 2. The number of aromatic amines is 2. The Bertz CT molecular complexity index is 2580. The van der Waals surface area contributed by atoms with Gasteiger partial charge in [0.1, 0.15) is 23.0 Å². The van der Waals surface area contributed by atoms with Crippen LogP contribution in [-0.4, -0.2) is 50.8 Å². The maximum absolute atomic E-state index is 6.21. The van der Waals surface area contributed by atoms with E-state index in [2.05, 4.69) is 9.97 Å². The van der Waals surface area contributed by atoms with E-state index in [0.29, 0.717) is 33.0 Å². The van der Waals surface area contributed by atoms with Crippen molar-refractivity contribution in [3.05, 3.63) is 143 Å². The van der Waals surface area contributed by atoms with E-state index >= 15 is 0 Å². The lowest BCUT2D eigenvalue weighted by Gasteiger charge is -2.13. The molecular formula is C46H36Cl2N4O4. The zero-order valence-electron chi connectivity index (χ0n) is 31.0. The number of fused-ring (bicyclic) bond motifs is 2. The maximum atomic E-state index is 6.21. The number of methoxy groups -OCH3 is 4. The number of para-hydroxylation sites is 2. The highest BCUT2D eigenvalue weighted by molar-refractivity contribution is 6.31. The van der Waals surface area contributed by atoms with Gasteiger partial charge in [0.2, 0.25) is 0 Å². The Labute approximate surface area is 334 Å². The molecule has 2 aromatic heterocycles. The highest BCUT2D eigenvalue weighted by Crippen LogP contribution is 2.44. The van der Waals surface area contributed by atoms with Crippen molar-refractivity contribution in [2.24, 2.45) is 9.98 Å². The molecular weight excluding hydrogens is 743 g/mol. The largest absolute Gasteiger partial charge is 0.496 e. The summed E-state index contributed by atoms with van der Waals surface area (Å²) < 4.78 is 23.4. The summed E-state index contributed by atoms with van der Waals surface area (Å²) in [5.41, 5.74) is 10.5. The normalized spacial score (nSPS) is 11.6. The zero-order chi connectivity index (χ0) is 38.8. The molecule has 0 fully saturated rings. The molecule has 278 valence electrons. The number of hydrogen-bond acceptors (Lipinski definition) is 6. The summed E-state index contributed by atoms with van der Waals surface area (Å²) in [5, 5.41) is 3.16. The van der Waals surface area contributed by atoms with E-state index in [9.17, 15) is 0 Å². The van der Waals surface area contributed by atoms with E-state index < -0.39 is 0 Å². The minimum Gasteiger partial charge on any atom is -0.496 e. The van der Waals surface area contributed by atoms with Crippen LogP contribution in [0.2, 0.25) is 10.0 Å². The fourth-order valence-electron chi connectivity index (χ4n) is 7.09. The highest BCUT2D eigenvalue weighted by Gasteiger charge is 2.20. The molecule has 0 saturated carbocycles. The van der Waals surface area contributed by atoms with Gasteiger partial charge in [-0.05, 0) is 47.5 Å². The van der Waals surface area contributed by atoms with Crippen LogP contribution in [0.15, 0.2) is 132 Å². The molecule has 8 nitrogen and oxygen atoms in total. The van der Waals surface area contributed by atoms with Crippen LogP contribution in [0.4, 0.5) is 11.4 Å². The quantitative estimate of drug-likeness (QED) is 0.128. The van der Waals surface area contributed by atoms with Gasteiger partial charge in [-0.3, -0.25) is 9.98 Å². The lowest BCUT2D eigenvalue weighted by atomic mass is 10.0. The molecule has 0 spiro atoms. The fraction of sp³-hybridized carbons (Fsp3) is 0.0870. The number of hydrogen-bond donors (Lipinski definition) is 2. The number of nitrogens with one attached hydrogen (secondary N) is 2. The molecule has 0 aliphatic carbocycles. The molecule has 0 saturated heterocycles.